The molecule has 0 N–H and O–H groups in total. The van der Waals surface area contributed by atoms with Crippen LogP contribution >= 0.6 is 0 Å². The molecule has 0 aliphatic carbocycles. The van der Waals surface area contributed by atoms with Crippen LogP contribution < -0.4 is 4.90 Å². The fraction of sp³-hybridized carbons (Fsp3) is 0.417. The number of alkyl halides is 1. The minimum absolute atomic E-state index is 0.0147. The molecule has 3 heterocycles. The van der Waals surface area contributed by atoms with Crippen LogP contribution in [0.15, 0.2) is 61.2 Å². The van der Waals surface area contributed by atoms with Gasteiger partial charge < -0.3 is 9.47 Å². The van der Waals surface area contributed by atoms with Gasteiger partial charge in [-0.1, -0.05) is 36.4 Å². The molecular formula is C24H27F2N5O2S. The number of anilines is 1. The molecule has 2 aliphatic heterocycles. The normalized spacial score (nSPS) is 25.4. The topological polar surface area (TPSA) is 71.3 Å². The summed E-state index contributed by atoms with van der Waals surface area (Å²) in [5.74, 6) is -0.481. The minimum Gasteiger partial charge on any atom is -0.368 e. The molecule has 3 atom stereocenters. The Morgan fingerprint density at radius 3 is 2.47 bits per heavy atom. The van der Waals surface area contributed by atoms with Gasteiger partial charge in [0.1, 0.15) is 29.9 Å². The number of nitrogens with zero attached hydrogens (tertiary/aromatic N) is 5. The summed E-state index contributed by atoms with van der Waals surface area (Å²) < 4.78 is 59.4. The van der Waals surface area contributed by atoms with Gasteiger partial charge >= 0.3 is 0 Å². The zero-order valence-corrected chi connectivity index (χ0v) is 19.5. The van der Waals surface area contributed by atoms with E-state index in [1.807, 2.05) is 35.2 Å². The maximum absolute atomic E-state index is 15.1. The summed E-state index contributed by atoms with van der Waals surface area (Å²) in [4.78, 5) is 1.82. The third-order valence-electron chi connectivity index (χ3n) is 6.84. The zero-order chi connectivity index (χ0) is 23.7. The number of rotatable bonds is 5. The lowest BCUT2D eigenvalue weighted by Gasteiger charge is -2.36. The van der Waals surface area contributed by atoms with Crippen LogP contribution in [0.25, 0.3) is 0 Å². The van der Waals surface area contributed by atoms with Gasteiger partial charge in [0.15, 0.2) is 0 Å². The van der Waals surface area contributed by atoms with Gasteiger partial charge in [0.2, 0.25) is 10.0 Å². The predicted molar refractivity (Wildman–Crippen MR) is 125 cm³/mol. The average molecular weight is 488 g/mol. The molecule has 0 unspecified atom stereocenters. The first-order valence-electron chi connectivity index (χ1n) is 11.5. The molecule has 1 aromatic heterocycles. The summed E-state index contributed by atoms with van der Waals surface area (Å²) in [6.07, 6.45) is 3.71. The SMILES string of the molecule is O=S1(=O)[C@@H](c2ccccc2)CCCN1Cc1ccc(N2CC[C@@H](n3cnnc3)[C@@H](F)C2)cc1F. The van der Waals surface area contributed by atoms with Crippen molar-refractivity contribution in [3.63, 3.8) is 0 Å². The van der Waals surface area contributed by atoms with E-state index in [1.54, 1.807) is 16.7 Å². The second-order valence-electron chi connectivity index (χ2n) is 8.92. The number of aromatic nitrogens is 3. The van der Waals surface area contributed by atoms with Crippen molar-refractivity contribution in [2.24, 2.45) is 0 Å². The monoisotopic (exact) mass is 487 g/mol. The highest BCUT2D eigenvalue weighted by molar-refractivity contribution is 7.89. The summed E-state index contributed by atoms with van der Waals surface area (Å²) in [6, 6.07) is 13.6. The Morgan fingerprint density at radius 2 is 1.76 bits per heavy atom. The van der Waals surface area contributed by atoms with Crippen LogP contribution in [0.2, 0.25) is 0 Å². The van der Waals surface area contributed by atoms with Crippen LogP contribution in [-0.4, -0.2) is 53.3 Å². The molecule has 10 heteroatoms. The van der Waals surface area contributed by atoms with Crippen molar-refractivity contribution in [1.82, 2.24) is 19.1 Å². The quantitative estimate of drug-likeness (QED) is 0.546. The van der Waals surface area contributed by atoms with Crippen LogP contribution in [0, 0.1) is 5.82 Å². The molecule has 34 heavy (non-hydrogen) atoms. The molecule has 0 spiro atoms. The van der Waals surface area contributed by atoms with Crippen LogP contribution in [0.3, 0.4) is 0 Å². The lowest BCUT2D eigenvalue weighted by molar-refractivity contribution is 0.199. The maximum atomic E-state index is 15.1. The van der Waals surface area contributed by atoms with Crippen LogP contribution in [-0.2, 0) is 16.6 Å². The molecule has 2 aromatic carbocycles. The van der Waals surface area contributed by atoms with Gasteiger partial charge in [-0.2, -0.15) is 4.31 Å². The van der Waals surface area contributed by atoms with Crippen molar-refractivity contribution in [2.75, 3.05) is 24.5 Å². The highest BCUT2D eigenvalue weighted by atomic mass is 32.2. The van der Waals surface area contributed by atoms with E-state index in [1.165, 1.54) is 23.0 Å². The summed E-state index contributed by atoms with van der Waals surface area (Å²) in [6.45, 7) is 1.06. The van der Waals surface area contributed by atoms with E-state index in [2.05, 4.69) is 10.2 Å². The van der Waals surface area contributed by atoms with Crippen LogP contribution in [0.5, 0.6) is 0 Å². The molecule has 0 radical (unpaired) electrons. The van der Waals surface area contributed by atoms with E-state index in [0.717, 1.165) is 12.0 Å². The molecule has 0 bridgehead atoms. The first-order chi connectivity index (χ1) is 16.4. The fourth-order valence-corrected chi connectivity index (χ4v) is 7.01. The third-order valence-corrected chi connectivity index (χ3v) is 9.10. The first-order valence-corrected chi connectivity index (χ1v) is 13.0. The van der Waals surface area contributed by atoms with Crippen molar-refractivity contribution < 1.29 is 17.2 Å². The highest BCUT2D eigenvalue weighted by Gasteiger charge is 2.37. The first kappa shape index (κ1) is 22.9. The maximum Gasteiger partial charge on any atom is 0.221 e. The van der Waals surface area contributed by atoms with Gasteiger partial charge in [-0.3, -0.25) is 0 Å². The second-order valence-corrected chi connectivity index (χ2v) is 11.0. The predicted octanol–water partition coefficient (Wildman–Crippen LogP) is 3.87. The fourth-order valence-electron chi connectivity index (χ4n) is 4.98. The van der Waals surface area contributed by atoms with Crippen LogP contribution in [0.4, 0.5) is 14.5 Å². The molecule has 5 rings (SSSR count). The zero-order valence-electron chi connectivity index (χ0n) is 18.7. The Morgan fingerprint density at radius 1 is 1.00 bits per heavy atom. The number of hydrogen-bond acceptors (Lipinski definition) is 5. The molecular weight excluding hydrogens is 460 g/mol. The third kappa shape index (κ3) is 4.44. The van der Waals surface area contributed by atoms with E-state index in [-0.39, 0.29) is 19.1 Å². The second kappa shape index (κ2) is 9.42. The number of sulfonamides is 1. The Balaban J connectivity index is 1.29. The van der Waals surface area contributed by atoms with Crippen molar-refractivity contribution in [3.05, 3.63) is 78.1 Å². The Labute approximate surface area is 198 Å². The molecule has 3 aromatic rings. The lowest BCUT2D eigenvalue weighted by atomic mass is 10.0. The highest BCUT2D eigenvalue weighted by Crippen LogP contribution is 2.36. The molecule has 0 amide bonds. The number of benzene rings is 2. The van der Waals surface area contributed by atoms with Crippen molar-refractivity contribution in [2.45, 2.75) is 43.3 Å². The van der Waals surface area contributed by atoms with Gasteiger partial charge in [-0.25, -0.2) is 17.2 Å². The standard InChI is InChI=1S/C24H27F2N5O2S/c25-21-13-20(29-12-10-23(22(26)15-29)30-16-27-28-17-30)9-8-19(21)14-31-11-4-7-24(34(31,32)33)18-5-2-1-3-6-18/h1-3,5-6,8-9,13,16-17,22-24H,4,7,10-12,14-15H2/t22-,23+,24+/m0/s1. The lowest BCUT2D eigenvalue weighted by Crippen LogP contribution is -2.42. The van der Waals surface area contributed by atoms with Gasteiger partial charge in [0.05, 0.1) is 12.6 Å². The van der Waals surface area contributed by atoms with E-state index >= 15 is 4.39 Å². The van der Waals surface area contributed by atoms with E-state index < -0.39 is 27.3 Å². The Hall–Kier alpha value is -2.85. The van der Waals surface area contributed by atoms with Crippen molar-refractivity contribution in [1.29, 1.82) is 0 Å². The molecule has 0 saturated carbocycles. The molecule has 180 valence electrons. The van der Waals surface area contributed by atoms with E-state index in [9.17, 15) is 12.8 Å². The van der Waals surface area contributed by atoms with Gasteiger partial charge in [0.25, 0.3) is 0 Å². The summed E-state index contributed by atoms with van der Waals surface area (Å²) in [5, 5.41) is 6.88. The van der Waals surface area contributed by atoms with Crippen molar-refractivity contribution in [3.8, 4) is 0 Å². The molecule has 2 saturated heterocycles. The van der Waals surface area contributed by atoms with Gasteiger partial charge in [-0.15, -0.1) is 10.2 Å². The summed E-state index contributed by atoms with van der Waals surface area (Å²) in [5.41, 5.74) is 1.67. The molecule has 2 fully saturated rings. The van der Waals surface area contributed by atoms with Crippen molar-refractivity contribution >= 4 is 15.7 Å². The van der Waals surface area contributed by atoms with Crippen LogP contribution in [0.1, 0.15) is 41.7 Å². The van der Waals surface area contributed by atoms with E-state index in [4.69, 9.17) is 0 Å². The Kier molecular flexibility index (Phi) is 6.35. The summed E-state index contributed by atoms with van der Waals surface area (Å²) in [7, 11) is -3.60. The summed E-state index contributed by atoms with van der Waals surface area (Å²) >= 11 is 0. The Bertz CT molecular complexity index is 1220. The van der Waals surface area contributed by atoms with E-state index in [0.29, 0.717) is 37.2 Å². The average Bonchev–Trinajstić information content (AvgIpc) is 3.36. The van der Waals surface area contributed by atoms with Gasteiger partial charge in [0, 0.05) is 30.9 Å². The van der Waals surface area contributed by atoms with Gasteiger partial charge in [-0.05, 0) is 37.0 Å². The molecule has 7 nitrogen and oxygen atoms in total. The number of hydrogen-bond donors (Lipinski definition) is 0. The number of piperidine rings is 1. The largest absolute Gasteiger partial charge is 0.368 e. The molecule has 2 aliphatic rings. The smallest absolute Gasteiger partial charge is 0.221 e. The number of halogens is 2. The minimum atomic E-state index is -3.60.